The van der Waals surface area contributed by atoms with Gasteiger partial charge in [-0.1, -0.05) is 15.9 Å². The van der Waals surface area contributed by atoms with Gasteiger partial charge >= 0.3 is 6.09 Å². The van der Waals surface area contributed by atoms with E-state index in [9.17, 15) is 20.1 Å². The number of halogens is 1. The van der Waals surface area contributed by atoms with Crippen LogP contribution in [0.3, 0.4) is 0 Å². The molecule has 0 aromatic heterocycles. The van der Waals surface area contributed by atoms with Gasteiger partial charge in [0.1, 0.15) is 23.6 Å². The Morgan fingerprint density at radius 3 is 2.57 bits per heavy atom. The summed E-state index contributed by atoms with van der Waals surface area (Å²) >= 11 is 3.22. The highest BCUT2D eigenvalue weighted by Crippen LogP contribution is 2.29. The number of phenolic OH excluding ortho intramolecular Hbond substituents is 1. The van der Waals surface area contributed by atoms with Gasteiger partial charge in [-0.25, -0.2) is 4.79 Å². The Morgan fingerprint density at radius 2 is 2.00 bits per heavy atom. The minimum Gasteiger partial charge on any atom is -0.508 e. The maximum atomic E-state index is 11.5. The van der Waals surface area contributed by atoms with E-state index in [-0.39, 0.29) is 17.9 Å². The molecule has 6 nitrogen and oxygen atoms in total. The SMILES string of the molecule is CC(C)(C)OC(=O)NCC(O)C(O)c1cc(Br)ccc1O. The molecule has 118 valence electrons. The summed E-state index contributed by atoms with van der Waals surface area (Å²) in [5.41, 5.74) is -0.473. The zero-order chi connectivity index (χ0) is 16.2. The number of alkyl carbamates (subject to hydrolysis) is 1. The number of amides is 1. The van der Waals surface area contributed by atoms with Crippen molar-refractivity contribution < 1.29 is 24.9 Å². The fourth-order valence-electron chi connectivity index (χ4n) is 1.58. The Morgan fingerprint density at radius 1 is 1.38 bits per heavy atom. The second-order valence-corrected chi connectivity index (χ2v) is 6.51. The number of rotatable bonds is 4. The summed E-state index contributed by atoms with van der Waals surface area (Å²) < 4.78 is 5.67. The van der Waals surface area contributed by atoms with Gasteiger partial charge < -0.3 is 25.4 Å². The molecule has 0 aliphatic carbocycles. The van der Waals surface area contributed by atoms with Crippen molar-refractivity contribution in [3.8, 4) is 5.75 Å². The van der Waals surface area contributed by atoms with Gasteiger partial charge in [0.05, 0.1) is 0 Å². The van der Waals surface area contributed by atoms with Gasteiger partial charge in [-0.3, -0.25) is 0 Å². The number of aliphatic hydroxyl groups excluding tert-OH is 2. The molecule has 21 heavy (non-hydrogen) atoms. The Balaban J connectivity index is 2.61. The van der Waals surface area contributed by atoms with Crippen molar-refractivity contribution in [2.45, 2.75) is 38.6 Å². The van der Waals surface area contributed by atoms with Crippen LogP contribution in [0, 0.1) is 0 Å². The summed E-state index contributed by atoms with van der Waals surface area (Å²) in [6.45, 7) is 4.95. The quantitative estimate of drug-likeness (QED) is 0.657. The van der Waals surface area contributed by atoms with Crippen LogP contribution in [0.4, 0.5) is 4.79 Å². The molecule has 2 unspecified atom stereocenters. The average molecular weight is 362 g/mol. The highest BCUT2D eigenvalue weighted by atomic mass is 79.9. The lowest BCUT2D eigenvalue weighted by Crippen LogP contribution is -2.38. The molecule has 0 fully saturated rings. The summed E-state index contributed by atoms with van der Waals surface area (Å²) in [4.78, 5) is 11.5. The van der Waals surface area contributed by atoms with Crippen LogP contribution in [0.1, 0.15) is 32.4 Å². The first-order chi connectivity index (χ1) is 9.60. The largest absolute Gasteiger partial charge is 0.508 e. The number of carbonyl (C=O) groups is 1. The lowest BCUT2D eigenvalue weighted by atomic mass is 10.0. The van der Waals surface area contributed by atoms with Crippen LogP contribution in [0.25, 0.3) is 0 Å². The molecular weight excluding hydrogens is 342 g/mol. The number of nitrogens with one attached hydrogen (secondary N) is 1. The van der Waals surface area contributed by atoms with Crippen LogP contribution in [0.15, 0.2) is 22.7 Å². The Bertz CT molecular complexity index is 501. The average Bonchev–Trinajstić information content (AvgIpc) is 2.36. The molecule has 0 bridgehead atoms. The lowest BCUT2D eigenvalue weighted by molar-refractivity contribution is 0.0119. The van der Waals surface area contributed by atoms with Crippen LogP contribution in [0.2, 0.25) is 0 Å². The van der Waals surface area contributed by atoms with E-state index in [1.165, 1.54) is 12.1 Å². The Kier molecular flexibility index (Phi) is 6.00. The molecule has 7 heteroatoms. The summed E-state index contributed by atoms with van der Waals surface area (Å²) in [5, 5.41) is 31.9. The Labute approximate surface area is 131 Å². The number of carbonyl (C=O) groups excluding carboxylic acids is 1. The maximum Gasteiger partial charge on any atom is 0.407 e. The van der Waals surface area contributed by atoms with Crippen LogP contribution in [-0.4, -0.2) is 39.7 Å². The second-order valence-electron chi connectivity index (χ2n) is 5.60. The van der Waals surface area contributed by atoms with Crippen molar-refractivity contribution in [2.24, 2.45) is 0 Å². The number of ether oxygens (including phenoxy) is 1. The molecule has 1 rings (SSSR count). The monoisotopic (exact) mass is 361 g/mol. The molecule has 4 N–H and O–H groups in total. The standard InChI is InChI=1S/C14H20BrNO5/c1-14(2,3)21-13(20)16-7-11(18)12(19)9-6-8(15)4-5-10(9)17/h4-6,11-12,17-19H,7H2,1-3H3,(H,16,20). The summed E-state index contributed by atoms with van der Waals surface area (Å²) in [6.07, 6.45) is -3.30. The van der Waals surface area contributed by atoms with Crippen molar-refractivity contribution in [1.82, 2.24) is 5.32 Å². The highest BCUT2D eigenvalue weighted by Gasteiger charge is 2.23. The zero-order valence-electron chi connectivity index (χ0n) is 12.1. The van der Waals surface area contributed by atoms with Crippen LogP contribution in [0.5, 0.6) is 5.75 Å². The molecule has 0 aliphatic heterocycles. The molecule has 1 aromatic carbocycles. The first kappa shape index (κ1) is 17.7. The molecule has 0 radical (unpaired) electrons. The molecule has 0 heterocycles. The van der Waals surface area contributed by atoms with Crippen molar-refractivity contribution in [2.75, 3.05) is 6.54 Å². The van der Waals surface area contributed by atoms with E-state index in [1.54, 1.807) is 26.8 Å². The number of aliphatic hydroxyl groups is 2. The number of hydrogen-bond donors (Lipinski definition) is 4. The predicted molar refractivity (Wildman–Crippen MR) is 81.0 cm³/mol. The van der Waals surface area contributed by atoms with Crippen LogP contribution >= 0.6 is 15.9 Å². The molecule has 0 saturated heterocycles. The highest BCUT2D eigenvalue weighted by molar-refractivity contribution is 9.10. The van der Waals surface area contributed by atoms with E-state index in [0.717, 1.165) is 0 Å². The third kappa shape index (κ3) is 5.91. The second kappa shape index (κ2) is 7.11. The van der Waals surface area contributed by atoms with Gasteiger partial charge in [0, 0.05) is 16.6 Å². The van der Waals surface area contributed by atoms with Crippen LogP contribution in [-0.2, 0) is 4.74 Å². The predicted octanol–water partition coefficient (Wildman–Crippen LogP) is 2.07. The molecule has 1 amide bonds. The summed E-state index contributed by atoms with van der Waals surface area (Å²) in [5.74, 6) is -0.137. The molecular formula is C14H20BrNO5. The number of phenols is 1. The number of aromatic hydroxyl groups is 1. The molecule has 1 aromatic rings. The number of benzene rings is 1. The number of hydrogen-bond acceptors (Lipinski definition) is 5. The lowest BCUT2D eigenvalue weighted by Gasteiger charge is -2.22. The molecule has 2 atom stereocenters. The normalized spacial score (nSPS) is 14.4. The van der Waals surface area contributed by atoms with Gasteiger partial charge in [-0.2, -0.15) is 0 Å². The summed E-state index contributed by atoms with van der Waals surface area (Å²) in [6, 6.07) is 4.50. The summed E-state index contributed by atoms with van der Waals surface area (Å²) in [7, 11) is 0. The first-order valence-electron chi connectivity index (χ1n) is 6.41. The first-order valence-corrected chi connectivity index (χ1v) is 7.21. The third-order valence-electron chi connectivity index (χ3n) is 2.53. The fraction of sp³-hybridized carbons (Fsp3) is 0.500. The minimum atomic E-state index is -1.34. The van der Waals surface area contributed by atoms with Crippen molar-refractivity contribution in [3.05, 3.63) is 28.2 Å². The van der Waals surface area contributed by atoms with Gasteiger partial charge in [-0.05, 0) is 39.0 Å². The third-order valence-corrected chi connectivity index (χ3v) is 3.02. The smallest absolute Gasteiger partial charge is 0.407 e. The van der Waals surface area contributed by atoms with E-state index >= 15 is 0 Å². The molecule has 0 aliphatic rings. The van der Waals surface area contributed by atoms with Crippen molar-refractivity contribution in [1.29, 1.82) is 0 Å². The van der Waals surface area contributed by atoms with Gasteiger partial charge in [0.15, 0.2) is 0 Å². The van der Waals surface area contributed by atoms with Gasteiger partial charge in [0.25, 0.3) is 0 Å². The maximum absolute atomic E-state index is 11.5. The van der Waals surface area contributed by atoms with E-state index in [0.29, 0.717) is 4.47 Å². The van der Waals surface area contributed by atoms with E-state index < -0.39 is 23.9 Å². The molecule has 0 saturated carbocycles. The van der Waals surface area contributed by atoms with Crippen molar-refractivity contribution in [3.63, 3.8) is 0 Å². The van der Waals surface area contributed by atoms with Gasteiger partial charge in [0.2, 0.25) is 0 Å². The molecule has 0 spiro atoms. The van der Waals surface area contributed by atoms with E-state index in [4.69, 9.17) is 4.74 Å². The minimum absolute atomic E-state index is 0.137. The van der Waals surface area contributed by atoms with E-state index in [1.807, 2.05) is 0 Å². The van der Waals surface area contributed by atoms with Gasteiger partial charge in [-0.15, -0.1) is 0 Å². The zero-order valence-corrected chi connectivity index (χ0v) is 13.7. The fourth-order valence-corrected chi connectivity index (χ4v) is 1.96. The van der Waals surface area contributed by atoms with Crippen molar-refractivity contribution >= 4 is 22.0 Å². The topological polar surface area (TPSA) is 99.0 Å². The Hall–Kier alpha value is -1.31. The van der Waals surface area contributed by atoms with Crippen LogP contribution < -0.4 is 5.32 Å². The van der Waals surface area contributed by atoms with E-state index in [2.05, 4.69) is 21.2 Å².